The second-order valence-electron chi connectivity index (χ2n) is 6.10. The monoisotopic (exact) mass is 386 g/mol. The van der Waals surface area contributed by atoms with Gasteiger partial charge in [0.1, 0.15) is 0 Å². The third-order valence-electron chi connectivity index (χ3n) is 4.70. The third kappa shape index (κ3) is 2.23. The molecule has 1 N–H and O–H groups in total. The molecular weight excluding hydrogens is 372 g/mol. The number of dihydropyridines is 1. The number of nitrogens with one attached hydrogen (secondary N) is 1. The molecule has 1 aliphatic carbocycles. The first-order valence-electron chi connectivity index (χ1n) is 7.83. The molecule has 24 heavy (non-hydrogen) atoms. The minimum Gasteiger partial charge on any atom is -0.454 e. The number of ether oxygens (including phenoxy) is 2. The molecule has 0 aromatic heterocycles. The number of allylic oxidation sites excluding steroid dienone is 4. The van der Waals surface area contributed by atoms with E-state index in [9.17, 15) is 10.1 Å². The molecule has 2 heterocycles. The summed E-state index contributed by atoms with van der Waals surface area (Å²) in [6.07, 6.45) is 2.20. The van der Waals surface area contributed by atoms with Gasteiger partial charge in [0.25, 0.3) is 0 Å². The molecule has 0 unspecified atom stereocenters. The fraction of sp³-hybridized carbons (Fsp3) is 0.333. The molecule has 0 fully saturated rings. The Bertz CT molecular complexity index is 864. The number of Topliss-reactive ketones (excluding diaryl/α,β-unsaturated/α-hetero) is 1. The predicted molar refractivity (Wildman–Crippen MR) is 90.3 cm³/mol. The van der Waals surface area contributed by atoms with E-state index in [1.165, 1.54) is 0 Å². The van der Waals surface area contributed by atoms with Crippen molar-refractivity contribution in [2.75, 3.05) is 6.79 Å². The van der Waals surface area contributed by atoms with Crippen molar-refractivity contribution in [2.45, 2.75) is 32.1 Å². The molecule has 1 aromatic carbocycles. The van der Waals surface area contributed by atoms with Crippen molar-refractivity contribution in [3.05, 3.63) is 44.7 Å². The number of ketones is 1. The summed E-state index contributed by atoms with van der Waals surface area (Å²) in [5.74, 6) is 1.05. The van der Waals surface area contributed by atoms with Crippen molar-refractivity contribution in [1.82, 2.24) is 5.32 Å². The molecule has 3 aliphatic rings. The van der Waals surface area contributed by atoms with E-state index in [0.717, 1.165) is 34.3 Å². The van der Waals surface area contributed by atoms with Crippen LogP contribution < -0.4 is 14.8 Å². The van der Waals surface area contributed by atoms with E-state index < -0.39 is 0 Å². The van der Waals surface area contributed by atoms with Gasteiger partial charge in [-0.25, -0.2) is 0 Å². The molecule has 1 aromatic rings. The maximum Gasteiger partial charge on any atom is 0.231 e. The second-order valence-corrected chi connectivity index (χ2v) is 6.96. The molecule has 2 aliphatic heterocycles. The average molecular weight is 387 g/mol. The van der Waals surface area contributed by atoms with Crippen LogP contribution in [0.1, 0.15) is 37.7 Å². The van der Waals surface area contributed by atoms with E-state index in [1.54, 1.807) is 0 Å². The maximum atomic E-state index is 12.6. The fourth-order valence-corrected chi connectivity index (χ4v) is 4.15. The SMILES string of the molecule is CC1=C(C#N)[C@H](c2cc3c(cc2Br)OCO3)C2=C(CCCC2=O)N1. The number of hydrogen-bond donors (Lipinski definition) is 1. The number of hydrogen-bond acceptors (Lipinski definition) is 5. The second kappa shape index (κ2) is 5.67. The van der Waals surface area contributed by atoms with Gasteiger partial charge in [-0.2, -0.15) is 5.26 Å². The van der Waals surface area contributed by atoms with Crippen molar-refractivity contribution in [2.24, 2.45) is 0 Å². The Labute approximate surface area is 148 Å². The lowest BCUT2D eigenvalue weighted by Crippen LogP contribution is -2.31. The van der Waals surface area contributed by atoms with E-state index in [0.29, 0.717) is 29.1 Å². The van der Waals surface area contributed by atoms with Crippen molar-refractivity contribution in [3.63, 3.8) is 0 Å². The highest BCUT2D eigenvalue weighted by Gasteiger charge is 2.37. The number of carbonyl (C=O) groups is 1. The van der Waals surface area contributed by atoms with Crippen LogP contribution in [0.3, 0.4) is 0 Å². The molecular formula is C18H15BrN2O3. The molecule has 0 spiro atoms. The van der Waals surface area contributed by atoms with Gasteiger partial charge in [-0.05, 0) is 37.5 Å². The number of benzene rings is 1. The Balaban J connectivity index is 1.93. The van der Waals surface area contributed by atoms with Crippen LogP contribution in [0.25, 0.3) is 0 Å². The average Bonchev–Trinajstić information content (AvgIpc) is 3.00. The summed E-state index contributed by atoms with van der Waals surface area (Å²) in [5, 5.41) is 13.0. The Morgan fingerprint density at radius 1 is 1.29 bits per heavy atom. The molecule has 122 valence electrons. The minimum absolute atomic E-state index is 0.110. The van der Waals surface area contributed by atoms with Crippen molar-refractivity contribution in [1.29, 1.82) is 5.26 Å². The fourth-order valence-electron chi connectivity index (χ4n) is 3.60. The van der Waals surface area contributed by atoms with Crippen LogP contribution in [-0.2, 0) is 4.79 Å². The van der Waals surface area contributed by atoms with Crippen LogP contribution in [0.4, 0.5) is 0 Å². The van der Waals surface area contributed by atoms with Crippen LogP contribution >= 0.6 is 15.9 Å². The molecule has 0 amide bonds. The first kappa shape index (κ1) is 15.3. The Morgan fingerprint density at radius 2 is 2.04 bits per heavy atom. The molecule has 5 nitrogen and oxygen atoms in total. The van der Waals surface area contributed by atoms with Gasteiger partial charge in [0.05, 0.1) is 17.6 Å². The van der Waals surface area contributed by atoms with Crippen molar-refractivity contribution in [3.8, 4) is 17.6 Å². The van der Waals surface area contributed by atoms with Crippen LogP contribution in [0.5, 0.6) is 11.5 Å². The molecule has 1 atom stereocenters. The van der Waals surface area contributed by atoms with Gasteiger partial charge in [0.15, 0.2) is 17.3 Å². The standard InChI is InChI=1S/C18H15BrN2O3/c1-9-11(7-20)17(18-13(21-9)3-2-4-14(18)22)10-5-15-16(6-12(10)19)24-8-23-15/h5-6,17,21H,2-4,8H2,1H3/t17-/m0/s1. The largest absolute Gasteiger partial charge is 0.454 e. The molecule has 4 rings (SSSR count). The lowest BCUT2D eigenvalue weighted by atomic mass is 9.75. The topological polar surface area (TPSA) is 71.3 Å². The minimum atomic E-state index is -0.372. The zero-order valence-corrected chi connectivity index (χ0v) is 14.7. The predicted octanol–water partition coefficient (Wildman–Crippen LogP) is 3.67. The van der Waals surface area contributed by atoms with Crippen molar-refractivity contribution < 1.29 is 14.3 Å². The quantitative estimate of drug-likeness (QED) is 0.796. The number of rotatable bonds is 1. The van der Waals surface area contributed by atoms with Crippen LogP contribution in [0.15, 0.2) is 39.1 Å². The van der Waals surface area contributed by atoms with Crippen LogP contribution in [0.2, 0.25) is 0 Å². The normalized spacial score (nSPS) is 22.2. The molecule has 6 heteroatoms. The number of halogens is 1. The van der Waals surface area contributed by atoms with E-state index in [4.69, 9.17) is 9.47 Å². The summed E-state index contributed by atoms with van der Waals surface area (Å²) in [6.45, 7) is 2.07. The molecule has 0 saturated heterocycles. The van der Waals surface area contributed by atoms with E-state index in [1.807, 2.05) is 19.1 Å². The molecule has 0 bridgehead atoms. The summed E-state index contributed by atoms with van der Waals surface area (Å²) in [7, 11) is 0. The summed E-state index contributed by atoms with van der Waals surface area (Å²) >= 11 is 3.58. The Morgan fingerprint density at radius 3 is 2.79 bits per heavy atom. The van der Waals surface area contributed by atoms with Gasteiger partial charge in [0, 0.05) is 27.9 Å². The first-order chi connectivity index (χ1) is 11.6. The summed E-state index contributed by atoms with van der Waals surface area (Å²) in [4.78, 5) is 12.6. The third-order valence-corrected chi connectivity index (χ3v) is 5.39. The number of nitrogens with zero attached hydrogens (tertiary/aromatic N) is 1. The highest BCUT2D eigenvalue weighted by atomic mass is 79.9. The lowest BCUT2D eigenvalue weighted by Gasteiger charge is -2.33. The van der Waals surface area contributed by atoms with Gasteiger partial charge in [-0.3, -0.25) is 4.79 Å². The summed E-state index contributed by atoms with van der Waals surface area (Å²) in [6, 6.07) is 6.01. The van der Waals surface area contributed by atoms with E-state index >= 15 is 0 Å². The van der Waals surface area contributed by atoms with Gasteiger partial charge >= 0.3 is 0 Å². The summed E-state index contributed by atoms with van der Waals surface area (Å²) in [5.41, 5.74) is 3.89. The lowest BCUT2D eigenvalue weighted by molar-refractivity contribution is -0.116. The number of carbonyl (C=O) groups excluding carboxylic acids is 1. The Hall–Kier alpha value is -2.26. The van der Waals surface area contributed by atoms with Crippen LogP contribution in [-0.4, -0.2) is 12.6 Å². The highest BCUT2D eigenvalue weighted by Crippen LogP contribution is 2.47. The van der Waals surface area contributed by atoms with Gasteiger partial charge in [-0.1, -0.05) is 15.9 Å². The zero-order chi connectivity index (χ0) is 16.8. The first-order valence-corrected chi connectivity index (χ1v) is 8.62. The van der Waals surface area contributed by atoms with Crippen molar-refractivity contribution >= 4 is 21.7 Å². The van der Waals surface area contributed by atoms with E-state index in [-0.39, 0.29) is 18.5 Å². The summed E-state index contributed by atoms with van der Waals surface area (Å²) < 4.78 is 11.7. The maximum absolute atomic E-state index is 12.6. The van der Waals surface area contributed by atoms with Gasteiger partial charge < -0.3 is 14.8 Å². The van der Waals surface area contributed by atoms with Crippen LogP contribution in [0, 0.1) is 11.3 Å². The van der Waals surface area contributed by atoms with Gasteiger partial charge in [-0.15, -0.1) is 0 Å². The highest BCUT2D eigenvalue weighted by molar-refractivity contribution is 9.10. The molecule has 0 saturated carbocycles. The van der Waals surface area contributed by atoms with Gasteiger partial charge in [0.2, 0.25) is 6.79 Å². The number of nitriles is 1. The zero-order valence-electron chi connectivity index (χ0n) is 13.1. The smallest absolute Gasteiger partial charge is 0.231 e. The Kier molecular flexibility index (Phi) is 3.61. The number of fused-ring (bicyclic) bond motifs is 1. The van der Waals surface area contributed by atoms with E-state index in [2.05, 4.69) is 27.3 Å². The molecule has 0 radical (unpaired) electrons.